The molecule has 8 heteroatoms. The van der Waals surface area contributed by atoms with E-state index in [4.69, 9.17) is 4.74 Å². The summed E-state index contributed by atoms with van der Waals surface area (Å²) in [6, 6.07) is 22.2. The van der Waals surface area contributed by atoms with Crippen molar-refractivity contribution >= 4 is 32.7 Å². The summed E-state index contributed by atoms with van der Waals surface area (Å²) in [7, 11) is -0.389. The minimum Gasteiger partial charge on any atom is -0.451 e. The van der Waals surface area contributed by atoms with Gasteiger partial charge >= 0.3 is 5.97 Å². The largest absolute Gasteiger partial charge is 0.451 e. The molecule has 0 aliphatic carbocycles. The maximum absolute atomic E-state index is 12.9. The van der Waals surface area contributed by atoms with Crippen molar-refractivity contribution in [3.63, 3.8) is 0 Å². The smallest absolute Gasteiger partial charge is 0.338 e. The maximum Gasteiger partial charge on any atom is 0.338 e. The standard InChI is InChI=1S/C24H23N3O4S/c1-17(23-25-21-11-7-8-12-22(21)26(23)2)31-24(28)18-13-15-20(16-14-18)32(29,30)27(3)19-9-5-4-6-10-19/h4-17H,1-3H3/t17-/m1/s1. The second-order valence-electron chi connectivity index (χ2n) is 7.40. The first-order valence-corrected chi connectivity index (χ1v) is 11.5. The molecule has 32 heavy (non-hydrogen) atoms. The average Bonchev–Trinajstić information content (AvgIpc) is 3.16. The highest BCUT2D eigenvalue weighted by Crippen LogP contribution is 2.24. The molecule has 0 bridgehead atoms. The molecular weight excluding hydrogens is 426 g/mol. The van der Waals surface area contributed by atoms with Crippen LogP contribution in [-0.4, -0.2) is 31.0 Å². The predicted molar refractivity (Wildman–Crippen MR) is 123 cm³/mol. The number of carbonyl (C=O) groups excluding carboxylic acids is 1. The van der Waals surface area contributed by atoms with Gasteiger partial charge in [-0.1, -0.05) is 30.3 Å². The Kier molecular flexibility index (Phi) is 5.71. The fourth-order valence-corrected chi connectivity index (χ4v) is 4.70. The number of aromatic nitrogens is 2. The fourth-order valence-electron chi connectivity index (χ4n) is 3.51. The van der Waals surface area contributed by atoms with Crippen LogP contribution < -0.4 is 4.31 Å². The molecule has 0 unspecified atom stereocenters. The van der Waals surface area contributed by atoms with Crippen molar-refractivity contribution in [1.29, 1.82) is 0 Å². The van der Waals surface area contributed by atoms with Gasteiger partial charge in [-0.25, -0.2) is 18.2 Å². The van der Waals surface area contributed by atoms with Gasteiger partial charge in [-0.2, -0.15) is 0 Å². The number of aryl methyl sites for hydroxylation is 1. The van der Waals surface area contributed by atoms with Crippen molar-refractivity contribution in [3.05, 3.63) is 90.3 Å². The van der Waals surface area contributed by atoms with E-state index in [0.29, 0.717) is 11.5 Å². The van der Waals surface area contributed by atoms with E-state index in [-0.39, 0.29) is 10.5 Å². The number of nitrogens with zero attached hydrogens (tertiary/aromatic N) is 3. The number of carbonyl (C=O) groups is 1. The number of para-hydroxylation sites is 3. The number of hydrogen-bond acceptors (Lipinski definition) is 5. The molecule has 4 aromatic rings. The van der Waals surface area contributed by atoms with Crippen molar-refractivity contribution in [1.82, 2.24) is 9.55 Å². The Morgan fingerprint density at radius 2 is 1.59 bits per heavy atom. The highest BCUT2D eigenvalue weighted by Gasteiger charge is 2.23. The molecule has 1 atom stereocenters. The van der Waals surface area contributed by atoms with Gasteiger partial charge in [0.15, 0.2) is 11.9 Å². The van der Waals surface area contributed by atoms with E-state index in [9.17, 15) is 13.2 Å². The molecule has 0 saturated carbocycles. The van der Waals surface area contributed by atoms with E-state index in [1.54, 1.807) is 31.2 Å². The summed E-state index contributed by atoms with van der Waals surface area (Å²) in [5, 5.41) is 0. The van der Waals surface area contributed by atoms with Crippen molar-refractivity contribution in [2.24, 2.45) is 7.05 Å². The van der Waals surface area contributed by atoms with Crippen LogP contribution in [0.1, 0.15) is 29.2 Å². The quantitative estimate of drug-likeness (QED) is 0.410. The molecule has 0 aliphatic heterocycles. The molecule has 3 aromatic carbocycles. The zero-order valence-corrected chi connectivity index (χ0v) is 18.8. The van der Waals surface area contributed by atoms with Gasteiger partial charge in [0, 0.05) is 14.1 Å². The van der Waals surface area contributed by atoms with E-state index >= 15 is 0 Å². The first-order chi connectivity index (χ1) is 15.3. The Morgan fingerprint density at radius 1 is 0.969 bits per heavy atom. The molecule has 7 nitrogen and oxygen atoms in total. The minimum atomic E-state index is -3.75. The molecule has 0 saturated heterocycles. The Hall–Kier alpha value is -3.65. The van der Waals surface area contributed by atoms with Gasteiger partial charge in [-0.15, -0.1) is 0 Å². The van der Waals surface area contributed by atoms with Gasteiger partial charge in [-0.05, 0) is 55.5 Å². The highest BCUT2D eigenvalue weighted by molar-refractivity contribution is 7.92. The molecule has 0 fully saturated rings. The third-order valence-corrected chi connectivity index (χ3v) is 7.14. The highest BCUT2D eigenvalue weighted by atomic mass is 32.2. The summed E-state index contributed by atoms with van der Waals surface area (Å²) in [6.45, 7) is 1.76. The van der Waals surface area contributed by atoms with Crippen LogP contribution in [-0.2, 0) is 21.8 Å². The molecule has 0 radical (unpaired) electrons. The molecular formula is C24H23N3O4S. The van der Waals surface area contributed by atoms with Crippen LogP contribution in [0.15, 0.2) is 83.8 Å². The number of rotatable bonds is 6. The summed E-state index contributed by atoms with van der Waals surface area (Å²) in [5.41, 5.74) is 2.58. The van der Waals surface area contributed by atoms with Gasteiger partial charge in [0.05, 0.1) is 27.2 Å². The number of hydrogen-bond donors (Lipinski definition) is 0. The number of anilines is 1. The van der Waals surface area contributed by atoms with Gasteiger partial charge in [-0.3, -0.25) is 4.31 Å². The van der Waals surface area contributed by atoms with Crippen LogP contribution >= 0.6 is 0 Å². The SMILES string of the molecule is C[C@@H](OC(=O)c1ccc(S(=O)(=O)N(C)c2ccccc2)cc1)c1nc2ccccc2n1C. The van der Waals surface area contributed by atoms with Crippen LogP contribution in [0.5, 0.6) is 0 Å². The zero-order valence-electron chi connectivity index (χ0n) is 18.0. The molecule has 1 heterocycles. The van der Waals surface area contributed by atoms with Gasteiger partial charge < -0.3 is 9.30 Å². The number of esters is 1. The summed E-state index contributed by atoms with van der Waals surface area (Å²) in [5.74, 6) is 0.0770. The fraction of sp³-hybridized carbons (Fsp3) is 0.167. The summed E-state index contributed by atoms with van der Waals surface area (Å²) in [6.07, 6.45) is -0.576. The van der Waals surface area contributed by atoms with E-state index in [2.05, 4.69) is 4.98 Å². The predicted octanol–water partition coefficient (Wildman–Crippen LogP) is 4.32. The lowest BCUT2D eigenvalue weighted by Crippen LogP contribution is -2.26. The van der Waals surface area contributed by atoms with E-state index in [1.807, 2.05) is 41.9 Å². The monoisotopic (exact) mass is 449 g/mol. The van der Waals surface area contributed by atoms with Crippen molar-refractivity contribution in [3.8, 4) is 0 Å². The lowest BCUT2D eigenvalue weighted by atomic mass is 10.2. The molecule has 4 rings (SSSR count). The van der Waals surface area contributed by atoms with E-state index in [1.165, 1.54) is 35.6 Å². The number of benzene rings is 3. The summed E-state index contributed by atoms with van der Waals surface area (Å²) < 4.78 is 34.5. The topological polar surface area (TPSA) is 81.5 Å². The Bertz CT molecular complexity index is 1360. The lowest BCUT2D eigenvalue weighted by molar-refractivity contribution is 0.0315. The molecule has 164 valence electrons. The second kappa shape index (κ2) is 8.47. The number of fused-ring (bicyclic) bond motifs is 1. The maximum atomic E-state index is 12.9. The first-order valence-electron chi connectivity index (χ1n) is 10.1. The van der Waals surface area contributed by atoms with Crippen LogP contribution in [0.4, 0.5) is 5.69 Å². The molecule has 0 aliphatic rings. The molecule has 0 N–H and O–H groups in total. The molecule has 0 amide bonds. The van der Waals surface area contributed by atoms with E-state index < -0.39 is 22.1 Å². The summed E-state index contributed by atoms with van der Waals surface area (Å²) >= 11 is 0. The normalized spacial score (nSPS) is 12.5. The number of ether oxygens (including phenoxy) is 1. The van der Waals surface area contributed by atoms with Crippen molar-refractivity contribution < 1.29 is 17.9 Å². The lowest BCUT2D eigenvalue weighted by Gasteiger charge is -2.19. The molecule has 1 aromatic heterocycles. The van der Waals surface area contributed by atoms with Crippen LogP contribution in [0.3, 0.4) is 0 Å². The minimum absolute atomic E-state index is 0.0869. The van der Waals surface area contributed by atoms with Gasteiger partial charge in [0.2, 0.25) is 0 Å². The average molecular weight is 450 g/mol. The summed E-state index contributed by atoms with van der Waals surface area (Å²) in [4.78, 5) is 17.3. The van der Waals surface area contributed by atoms with E-state index in [0.717, 1.165) is 11.0 Å². The third-order valence-electron chi connectivity index (χ3n) is 5.34. The Balaban J connectivity index is 1.51. The van der Waals surface area contributed by atoms with Crippen LogP contribution in [0.2, 0.25) is 0 Å². The third kappa shape index (κ3) is 3.97. The van der Waals surface area contributed by atoms with Gasteiger partial charge in [0.25, 0.3) is 10.0 Å². The zero-order chi connectivity index (χ0) is 22.9. The van der Waals surface area contributed by atoms with Crippen LogP contribution in [0.25, 0.3) is 11.0 Å². The van der Waals surface area contributed by atoms with Crippen LogP contribution in [0, 0.1) is 0 Å². The van der Waals surface area contributed by atoms with Gasteiger partial charge in [0.1, 0.15) is 0 Å². The molecule has 0 spiro atoms. The Labute approximate surface area is 186 Å². The number of imidazole rings is 1. The first kappa shape index (κ1) is 21.6. The number of sulfonamides is 1. The Morgan fingerprint density at radius 3 is 2.25 bits per heavy atom. The van der Waals surface area contributed by atoms with Crippen molar-refractivity contribution in [2.75, 3.05) is 11.4 Å². The second-order valence-corrected chi connectivity index (χ2v) is 9.37. The van der Waals surface area contributed by atoms with Crippen molar-refractivity contribution in [2.45, 2.75) is 17.9 Å².